The number of hydrogen-bond donors (Lipinski definition) is 0. The van der Waals surface area contributed by atoms with Crippen molar-refractivity contribution in [1.82, 2.24) is 9.13 Å². The monoisotopic (exact) mass is 596 g/mol. The fourth-order valence-electron chi connectivity index (χ4n) is 5.29. The lowest BCUT2D eigenvalue weighted by Gasteiger charge is -2.12. The summed E-state index contributed by atoms with van der Waals surface area (Å²) < 4.78 is 7.32. The Morgan fingerprint density at radius 1 is 0.875 bits per heavy atom. The van der Waals surface area contributed by atoms with Gasteiger partial charge in [-0.25, -0.2) is 0 Å². The Balaban J connectivity index is 1.36. The smallest absolute Gasteiger partial charge is 0.101 e. The zero-order valence-electron chi connectivity index (χ0n) is 22.4. The molecule has 0 bridgehead atoms. The van der Waals surface area contributed by atoms with Crippen LogP contribution in [0.3, 0.4) is 0 Å². The van der Waals surface area contributed by atoms with E-state index in [0.717, 1.165) is 47.8 Å². The minimum absolute atomic E-state index is 0.111. The van der Waals surface area contributed by atoms with E-state index in [4.69, 9.17) is 0 Å². The van der Waals surface area contributed by atoms with Gasteiger partial charge >= 0.3 is 0 Å². The summed E-state index contributed by atoms with van der Waals surface area (Å²) in [5.74, 6) is -0.111. The molecule has 0 aliphatic rings. The van der Waals surface area contributed by atoms with E-state index >= 15 is 0 Å². The molecule has 0 N–H and O–H groups in total. The van der Waals surface area contributed by atoms with E-state index < -0.39 is 0 Å². The van der Waals surface area contributed by atoms with E-state index in [1.807, 2.05) is 52.3 Å². The maximum absolute atomic E-state index is 9.87. The second-order valence-electron chi connectivity index (χ2n) is 9.78. The molecule has 4 nitrogen and oxygen atoms in total. The Kier molecular flexibility index (Phi) is 7.78. The van der Waals surface area contributed by atoms with E-state index in [1.165, 1.54) is 35.9 Å². The number of nitriles is 2. The Morgan fingerprint density at radius 2 is 1.55 bits per heavy atom. The highest BCUT2D eigenvalue weighted by atomic mass is 32.1. The van der Waals surface area contributed by atoms with Gasteiger partial charge in [-0.05, 0) is 66.1 Å². The van der Waals surface area contributed by atoms with Crippen LogP contribution in [0, 0.1) is 22.7 Å². The number of fused-ring (bicyclic) bond motifs is 2. The van der Waals surface area contributed by atoms with Gasteiger partial charge in [-0.2, -0.15) is 10.5 Å². The van der Waals surface area contributed by atoms with Crippen LogP contribution in [0.25, 0.3) is 41.8 Å². The second kappa shape index (κ2) is 11.6. The highest BCUT2D eigenvalue weighted by Gasteiger charge is 2.20. The maximum atomic E-state index is 9.87. The third-order valence-electron chi connectivity index (χ3n) is 7.09. The van der Waals surface area contributed by atoms with E-state index in [2.05, 4.69) is 70.8 Å². The van der Waals surface area contributed by atoms with Gasteiger partial charge < -0.3 is 9.13 Å². The molecule has 0 radical (unpaired) electrons. The lowest BCUT2D eigenvalue weighted by molar-refractivity contribution is 0.655. The zero-order valence-corrected chi connectivity index (χ0v) is 25.7. The highest BCUT2D eigenvalue weighted by molar-refractivity contribution is 7.28. The molecule has 6 rings (SSSR count). The standard InChI is InChI=1S/C32H28N4S4/c1-3-9-35-23(13-21(19-33)27-7-5-11-37-27)15-29-25(35)17-31(39-29)32-18-26-30(40-32)16-24(36(26)10-4-2)14-22(20-34)28-8-6-12-38-28/h5-8,11-13,15-18,22H,3-4,9-10,14H2,1-2H3/b21-13+/t22-/m1/s1. The van der Waals surface area contributed by atoms with Crippen LogP contribution in [0.15, 0.2) is 59.3 Å². The predicted molar refractivity (Wildman–Crippen MR) is 173 cm³/mol. The fourth-order valence-corrected chi connectivity index (χ4v) is 9.06. The molecule has 40 heavy (non-hydrogen) atoms. The Labute approximate surface area is 250 Å². The van der Waals surface area contributed by atoms with Gasteiger partial charge in [0, 0.05) is 50.4 Å². The van der Waals surface area contributed by atoms with Gasteiger partial charge in [-0.3, -0.25) is 0 Å². The molecular formula is C32H28N4S4. The van der Waals surface area contributed by atoms with Gasteiger partial charge in [-0.1, -0.05) is 26.0 Å². The van der Waals surface area contributed by atoms with Crippen molar-refractivity contribution in [1.29, 1.82) is 10.5 Å². The number of rotatable bonds is 10. The minimum Gasteiger partial charge on any atom is -0.344 e. The van der Waals surface area contributed by atoms with Gasteiger partial charge in [0.2, 0.25) is 0 Å². The SMILES string of the molecule is CCCn1c(/C=C(\C#N)c2cccs2)cc2sc(-c3cc4c(cc(C[C@H](C#N)c5cccs5)n4CCC)s3)cc21. The van der Waals surface area contributed by atoms with Gasteiger partial charge in [0.05, 0.1) is 38.0 Å². The molecular weight excluding hydrogens is 569 g/mol. The molecule has 0 aliphatic heterocycles. The summed E-state index contributed by atoms with van der Waals surface area (Å²) in [5.41, 5.74) is 5.55. The minimum atomic E-state index is -0.111. The first-order valence-corrected chi connectivity index (χ1v) is 16.9. The summed E-state index contributed by atoms with van der Waals surface area (Å²) >= 11 is 6.94. The van der Waals surface area contributed by atoms with E-state index in [-0.39, 0.29) is 5.92 Å². The van der Waals surface area contributed by atoms with Crippen LogP contribution in [-0.2, 0) is 19.5 Å². The summed E-state index contributed by atoms with van der Waals surface area (Å²) in [6, 6.07) is 22.2. The average molecular weight is 597 g/mol. The van der Waals surface area contributed by atoms with Gasteiger partial charge in [-0.15, -0.1) is 45.3 Å². The Morgan fingerprint density at radius 3 is 2.17 bits per heavy atom. The summed E-state index contributed by atoms with van der Waals surface area (Å²) in [7, 11) is 0. The van der Waals surface area contributed by atoms with Crippen molar-refractivity contribution in [3.63, 3.8) is 0 Å². The highest BCUT2D eigenvalue weighted by Crippen LogP contribution is 2.43. The van der Waals surface area contributed by atoms with Crippen molar-refractivity contribution in [2.75, 3.05) is 0 Å². The lowest BCUT2D eigenvalue weighted by atomic mass is 10.0. The normalized spacial score (nSPS) is 12.8. The van der Waals surface area contributed by atoms with Crippen molar-refractivity contribution in [2.45, 2.75) is 52.1 Å². The Hall–Kier alpha value is -3.40. The molecule has 6 heterocycles. The number of thiophene rings is 4. The molecule has 200 valence electrons. The summed E-state index contributed by atoms with van der Waals surface area (Å²) in [6.07, 6.45) is 4.85. The van der Waals surface area contributed by atoms with E-state index in [9.17, 15) is 10.5 Å². The predicted octanol–water partition coefficient (Wildman–Crippen LogP) is 10.2. The summed E-state index contributed by atoms with van der Waals surface area (Å²) in [6.45, 7) is 6.27. The molecule has 6 aromatic heterocycles. The molecule has 0 saturated heterocycles. The number of hydrogen-bond acceptors (Lipinski definition) is 6. The van der Waals surface area contributed by atoms with Gasteiger partial charge in [0.15, 0.2) is 0 Å². The zero-order chi connectivity index (χ0) is 27.6. The molecule has 6 aromatic rings. The van der Waals surface area contributed by atoms with Gasteiger partial charge in [0.1, 0.15) is 6.07 Å². The van der Waals surface area contributed by atoms with Crippen LogP contribution in [0.4, 0.5) is 0 Å². The van der Waals surface area contributed by atoms with Crippen molar-refractivity contribution in [3.8, 4) is 21.9 Å². The number of nitrogens with zero attached hydrogens (tertiary/aromatic N) is 4. The molecule has 0 aromatic carbocycles. The van der Waals surface area contributed by atoms with E-state index in [1.54, 1.807) is 22.7 Å². The van der Waals surface area contributed by atoms with Crippen LogP contribution in [0.1, 0.15) is 53.7 Å². The third-order valence-corrected chi connectivity index (χ3v) is 11.3. The second-order valence-corrected chi connectivity index (χ2v) is 13.9. The first-order valence-electron chi connectivity index (χ1n) is 13.5. The van der Waals surface area contributed by atoms with Crippen LogP contribution in [0.5, 0.6) is 0 Å². The number of aromatic nitrogens is 2. The van der Waals surface area contributed by atoms with Crippen molar-refractivity contribution >= 4 is 77.4 Å². The van der Waals surface area contributed by atoms with Crippen molar-refractivity contribution < 1.29 is 0 Å². The van der Waals surface area contributed by atoms with Crippen LogP contribution >= 0.6 is 45.3 Å². The van der Waals surface area contributed by atoms with E-state index in [0.29, 0.717) is 5.57 Å². The summed E-state index contributed by atoms with van der Waals surface area (Å²) in [4.78, 5) is 4.71. The first-order chi connectivity index (χ1) is 19.6. The maximum Gasteiger partial charge on any atom is 0.101 e. The third kappa shape index (κ3) is 4.98. The average Bonchev–Trinajstić information content (AvgIpc) is 3.78. The lowest BCUT2D eigenvalue weighted by Crippen LogP contribution is -2.06. The molecule has 8 heteroatoms. The van der Waals surface area contributed by atoms with Crippen LogP contribution < -0.4 is 0 Å². The van der Waals surface area contributed by atoms with Gasteiger partial charge in [0.25, 0.3) is 0 Å². The van der Waals surface area contributed by atoms with Crippen molar-refractivity contribution in [3.05, 3.63) is 80.4 Å². The molecule has 1 atom stereocenters. The molecule has 0 saturated carbocycles. The largest absolute Gasteiger partial charge is 0.344 e. The number of aryl methyl sites for hydroxylation is 2. The molecule has 0 amide bonds. The quantitative estimate of drug-likeness (QED) is 0.148. The Bertz CT molecular complexity index is 1880. The molecule has 0 fully saturated rings. The molecule has 0 aliphatic carbocycles. The first kappa shape index (κ1) is 26.8. The van der Waals surface area contributed by atoms with Crippen LogP contribution in [-0.4, -0.2) is 9.13 Å². The topological polar surface area (TPSA) is 57.4 Å². The summed E-state index contributed by atoms with van der Waals surface area (Å²) in [5, 5.41) is 23.7. The van der Waals surface area contributed by atoms with Crippen molar-refractivity contribution in [2.24, 2.45) is 0 Å². The molecule has 0 unspecified atom stereocenters. The van der Waals surface area contributed by atoms with Crippen LogP contribution in [0.2, 0.25) is 0 Å². The fraction of sp³-hybridized carbons (Fsp3) is 0.250. The molecule has 0 spiro atoms. The number of allylic oxidation sites excluding steroid dienone is 1.